The maximum atomic E-state index is 4.38. The summed E-state index contributed by atoms with van der Waals surface area (Å²) < 4.78 is 0. The van der Waals surface area contributed by atoms with Crippen LogP contribution in [0.25, 0.3) is 0 Å². The van der Waals surface area contributed by atoms with Gasteiger partial charge in [-0.1, -0.05) is 55.8 Å². The topological polar surface area (TPSA) is 0 Å². The van der Waals surface area contributed by atoms with Gasteiger partial charge in [0.15, 0.2) is 0 Å². The lowest BCUT2D eigenvalue weighted by Gasteiger charge is -2.33. The summed E-state index contributed by atoms with van der Waals surface area (Å²) in [5.41, 5.74) is 0. The first-order chi connectivity index (χ1) is 7.12. The van der Waals surface area contributed by atoms with E-state index >= 15 is 0 Å². The van der Waals surface area contributed by atoms with Crippen molar-refractivity contribution in [2.24, 2.45) is 5.92 Å². The van der Waals surface area contributed by atoms with Gasteiger partial charge in [-0.05, 0) is 25.2 Å². The largest absolute Gasteiger partial charge is 0.103 e. The van der Waals surface area contributed by atoms with Crippen LogP contribution in [0.1, 0.15) is 19.3 Å². The lowest BCUT2D eigenvalue weighted by atomic mass is 9.94. The van der Waals surface area contributed by atoms with E-state index in [-0.39, 0.29) is 0 Å². The molecule has 1 aliphatic rings. The zero-order valence-corrected chi connectivity index (χ0v) is 14.0. The molecule has 1 rings (SSSR count). The van der Waals surface area contributed by atoms with E-state index in [0.29, 0.717) is 0 Å². The summed E-state index contributed by atoms with van der Waals surface area (Å²) in [6.07, 6.45) is 6.51. The van der Waals surface area contributed by atoms with Crippen molar-refractivity contribution in [3.05, 3.63) is 23.0 Å². The molecule has 0 aromatic heterocycles. The highest BCUT2D eigenvalue weighted by Gasteiger charge is 2.29. The minimum absolute atomic E-state index is 0.784. The molecule has 0 amide bonds. The molecule has 0 aliphatic heterocycles. The number of allylic oxidation sites excluding steroid dienone is 3. The Hall–Kier alpha value is -0.0862. The molecule has 0 aromatic rings. The first-order valence-electron chi connectivity index (χ1n) is 6.51. The molecule has 0 aromatic carbocycles. The maximum Gasteiger partial charge on any atom is 0.0720 e. The van der Waals surface area contributed by atoms with E-state index in [2.05, 4.69) is 51.9 Å². The van der Waals surface area contributed by atoms with Gasteiger partial charge in [-0.3, -0.25) is 0 Å². The van der Waals surface area contributed by atoms with Crippen LogP contribution in [0.3, 0.4) is 0 Å². The van der Waals surface area contributed by atoms with Crippen molar-refractivity contribution in [2.45, 2.75) is 58.5 Å². The van der Waals surface area contributed by atoms with Crippen molar-refractivity contribution in [1.82, 2.24) is 0 Å². The molecule has 1 atom stereocenters. The molecule has 0 bridgehead atoms. The average molecular weight is 253 g/mol. The Kier molecular flexibility index (Phi) is 4.06. The Morgan fingerprint density at radius 3 is 2.06 bits per heavy atom. The minimum Gasteiger partial charge on any atom is -0.103 e. The van der Waals surface area contributed by atoms with Crippen LogP contribution in [0.15, 0.2) is 23.0 Å². The summed E-state index contributed by atoms with van der Waals surface area (Å²) in [5, 5.41) is 3.37. The second-order valence-electron chi connectivity index (χ2n) is 7.23. The third-order valence-corrected chi connectivity index (χ3v) is 8.55. The van der Waals surface area contributed by atoms with E-state index in [0.717, 1.165) is 5.92 Å². The molecule has 0 heterocycles. The molecule has 16 heavy (non-hydrogen) atoms. The first kappa shape index (κ1) is 14.0. The zero-order chi connectivity index (χ0) is 12.6. The molecule has 0 saturated heterocycles. The van der Waals surface area contributed by atoms with Gasteiger partial charge < -0.3 is 0 Å². The molecule has 0 fully saturated rings. The first-order valence-corrected chi connectivity index (χ1v) is 13.5. The van der Waals surface area contributed by atoms with Crippen LogP contribution in [-0.2, 0) is 0 Å². The second kappa shape index (κ2) is 4.65. The van der Waals surface area contributed by atoms with Gasteiger partial charge in [0.2, 0.25) is 0 Å². The molecule has 0 saturated carbocycles. The highest BCUT2D eigenvalue weighted by molar-refractivity contribution is 6.83. The summed E-state index contributed by atoms with van der Waals surface area (Å²) in [6.45, 7) is 19.0. The molecule has 0 nitrogen and oxygen atoms in total. The monoisotopic (exact) mass is 252 g/mol. The Balaban J connectivity index is 2.69. The van der Waals surface area contributed by atoms with Crippen LogP contribution in [0.4, 0.5) is 0 Å². The van der Waals surface area contributed by atoms with Crippen LogP contribution >= 0.6 is 0 Å². The molecule has 2 heteroatoms. The summed E-state index contributed by atoms with van der Waals surface area (Å²) in [4.78, 5) is 0. The standard InChI is InChI=1S/C14H28Si2/c1-12(15(2,3)4)13-8-10-14(11-9-13)16(5,6)7/h10,13H,1,8-9,11H2,2-7H3. The molecule has 0 radical (unpaired) electrons. The van der Waals surface area contributed by atoms with E-state index in [1.54, 1.807) is 10.4 Å². The van der Waals surface area contributed by atoms with E-state index in [1.165, 1.54) is 19.3 Å². The van der Waals surface area contributed by atoms with Crippen molar-refractivity contribution in [1.29, 1.82) is 0 Å². The third-order valence-electron chi connectivity index (χ3n) is 3.83. The zero-order valence-electron chi connectivity index (χ0n) is 12.0. The maximum absolute atomic E-state index is 4.38. The Morgan fingerprint density at radius 1 is 1.19 bits per heavy atom. The average Bonchev–Trinajstić information content (AvgIpc) is 2.14. The van der Waals surface area contributed by atoms with E-state index < -0.39 is 16.1 Å². The lowest BCUT2D eigenvalue weighted by molar-refractivity contribution is 0.564. The van der Waals surface area contributed by atoms with E-state index in [1.807, 2.05) is 0 Å². The fourth-order valence-corrected chi connectivity index (χ4v) is 5.56. The normalized spacial score (nSPS) is 22.9. The van der Waals surface area contributed by atoms with Crippen molar-refractivity contribution < 1.29 is 0 Å². The van der Waals surface area contributed by atoms with Gasteiger partial charge in [-0.25, -0.2) is 0 Å². The van der Waals surface area contributed by atoms with Gasteiger partial charge in [0.25, 0.3) is 0 Å². The van der Waals surface area contributed by atoms with Crippen molar-refractivity contribution in [3.63, 3.8) is 0 Å². The van der Waals surface area contributed by atoms with Crippen molar-refractivity contribution >= 4 is 16.1 Å². The highest BCUT2D eigenvalue weighted by Crippen LogP contribution is 2.35. The third kappa shape index (κ3) is 3.46. The van der Waals surface area contributed by atoms with Crippen LogP contribution in [0, 0.1) is 5.92 Å². The van der Waals surface area contributed by atoms with E-state index in [4.69, 9.17) is 0 Å². The van der Waals surface area contributed by atoms with E-state index in [9.17, 15) is 0 Å². The van der Waals surface area contributed by atoms with Crippen LogP contribution < -0.4 is 0 Å². The molecule has 92 valence electrons. The summed E-state index contributed by atoms with van der Waals surface area (Å²) >= 11 is 0. The predicted molar refractivity (Wildman–Crippen MR) is 81.3 cm³/mol. The van der Waals surface area contributed by atoms with Crippen molar-refractivity contribution in [3.8, 4) is 0 Å². The molecule has 1 unspecified atom stereocenters. The summed E-state index contributed by atoms with van der Waals surface area (Å²) in [5.74, 6) is 0.784. The fraction of sp³-hybridized carbons (Fsp3) is 0.714. The Morgan fingerprint density at radius 2 is 1.75 bits per heavy atom. The fourth-order valence-electron chi connectivity index (χ4n) is 2.44. The molecule has 1 aliphatic carbocycles. The van der Waals surface area contributed by atoms with Crippen LogP contribution in [-0.4, -0.2) is 16.1 Å². The molecule has 0 spiro atoms. The Bertz CT molecular complexity index is 300. The lowest BCUT2D eigenvalue weighted by Crippen LogP contribution is -2.32. The van der Waals surface area contributed by atoms with Crippen LogP contribution in [0.5, 0.6) is 0 Å². The van der Waals surface area contributed by atoms with Crippen molar-refractivity contribution in [2.75, 3.05) is 0 Å². The summed E-state index contributed by atoms with van der Waals surface area (Å²) in [7, 11) is -2.15. The highest BCUT2D eigenvalue weighted by atomic mass is 28.3. The van der Waals surface area contributed by atoms with Gasteiger partial charge in [0.05, 0.1) is 16.1 Å². The number of rotatable bonds is 3. The smallest absolute Gasteiger partial charge is 0.0720 e. The van der Waals surface area contributed by atoms with Gasteiger partial charge in [0.1, 0.15) is 0 Å². The Labute approximate surface area is 104 Å². The number of hydrogen-bond acceptors (Lipinski definition) is 0. The quantitative estimate of drug-likeness (QED) is 0.618. The second-order valence-corrected chi connectivity index (χ2v) is 17.5. The SMILES string of the molecule is C=C(C1CC=C([Si](C)(C)C)CC1)[Si](C)(C)C. The van der Waals surface area contributed by atoms with Gasteiger partial charge in [0, 0.05) is 0 Å². The minimum atomic E-state index is -1.13. The summed E-state index contributed by atoms with van der Waals surface area (Å²) in [6, 6.07) is 0. The predicted octanol–water partition coefficient (Wildman–Crippen LogP) is 5.02. The molecule has 0 N–H and O–H groups in total. The van der Waals surface area contributed by atoms with Gasteiger partial charge in [-0.2, -0.15) is 0 Å². The molecular formula is C14H28Si2. The van der Waals surface area contributed by atoms with Crippen LogP contribution in [0.2, 0.25) is 39.3 Å². The van der Waals surface area contributed by atoms with Gasteiger partial charge in [-0.15, -0.1) is 6.58 Å². The van der Waals surface area contributed by atoms with Gasteiger partial charge >= 0.3 is 0 Å². The number of hydrogen-bond donors (Lipinski definition) is 0. The molecular weight excluding hydrogens is 224 g/mol.